The average molecular weight is 283 g/mol. The Hall–Kier alpha value is -2.70. The van der Waals surface area contributed by atoms with Crippen molar-refractivity contribution in [2.45, 2.75) is 18.4 Å². The maximum absolute atomic E-state index is 10.7. The Balaban J connectivity index is 2.46. The Morgan fingerprint density at radius 3 is 2.43 bits per heavy atom. The number of benzene rings is 1. The van der Waals surface area contributed by atoms with E-state index < -0.39 is 16.4 Å². The molecule has 0 N–H and O–H groups in total. The highest BCUT2D eigenvalue weighted by Gasteiger charge is 2.48. The third kappa shape index (κ3) is 2.37. The number of non-ortho nitro benzene ring substituents is 1. The van der Waals surface area contributed by atoms with Crippen molar-refractivity contribution in [3.05, 3.63) is 52.1 Å². The molecule has 1 aromatic rings. The summed E-state index contributed by atoms with van der Waals surface area (Å²) in [6.45, 7) is 0. The fourth-order valence-electron chi connectivity index (χ4n) is 2.67. The summed E-state index contributed by atoms with van der Waals surface area (Å²) in [5, 5.41) is 29.7. The van der Waals surface area contributed by atoms with Crippen LogP contribution in [-0.2, 0) is 4.74 Å². The summed E-state index contributed by atoms with van der Waals surface area (Å²) in [5.74, 6) is -0.386. The van der Waals surface area contributed by atoms with Crippen LogP contribution in [-0.4, -0.2) is 18.1 Å². The zero-order valence-corrected chi connectivity index (χ0v) is 11.4. The van der Waals surface area contributed by atoms with Crippen LogP contribution in [0.4, 0.5) is 5.69 Å². The SMILES string of the molecule is CO[C@H]1C=CC[C@@H](c2ccc([N+](=O)[O-])cc2)C1(C#N)C#N. The lowest BCUT2D eigenvalue weighted by Crippen LogP contribution is -2.40. The molecule has 0 saturated carbocycles. The molecule has 6 nitrogen and oxygen atoms in total. The Bertz CT molecular complexity index is 638. The number of allylic oxidation sites excluding steroid dienone is 1. The van der Waals surface area contributed by atoms with E-state index in [2.05, 4.69) is 12.1 Å². The first kappa shape index (κ1) is 14.7. The molecule has 1 aliphatic carbocycles. The highest BCUT2D eigenvalue weighted by molar-refractivity contribution is 5.41. The van der Waals surface area contributed by atoms with Crippen LogP contribution < -0.4 is 0 Å². The number of hydrogen-bond donors (Lipinski definition) is 0. The van der Waals surface area contributed by atoms with Gasteiger partial charge in [-0.15, -0.1) is 0 Å². The molecule has 0 amide bonds. The second-order valence-electron chi connectivity index (χ2n) is 4.81. The van der Waals surface area contributed by atoms with E-state index in [1.165, 1.54) is 19.2 Å². The third-order valence-electron chi connectivity index (χ3n) is 3.81. The largest absolute Gasteiger partial charge is 0.375 e. The molecule has 0 aromatic heterocycles. The van der Waals surface area contributed by atoms with E-state index in [-0.39, 0.29) is 11.6 Å². The molecule has 2 rings (SSSR count). The molecule has 0 fully saturated rings. The number of hydrogen-bond acceptors (Lipinski definition) is 5. The molecule has 21 heavy (non-hydrogen) atoms. The summed E-state index contributed by atoms with van der Waals surface area (Å²) in [6.07, 6.45) is 3.47. The van der Waals surface area contributed by atoms with Crippen LogP contribution in [0.5, 0.6) is 0 Å². The molecule has 0 saturated heterocycles. The van der Waals surface area contributed by atoms with E-state index in [1.54, 1.807) is 18.2 Å². The van der Waals surface area contributed by atoms with Gasteiger partial charge < -0.3 is 4.74 Å². The third-order valence-corrected chi connectivity index (χ3v) is 3.81. The Morgan fingerprint density at radius 2 is 1.95 bits per heavy atom. The van der Waals surface area contributed by atoms with Crippen LogP contribution in [0.25, 0.3) is 0 Å². The van der Waals surface area contributed by atoms with Crippen molar-refractivity contribution in [3.63, 3.8) is 0 Å². The quantitative estimate of drug-likeness (QED) is 0.482. The molecular weight excluding hydrogens is 270 g/mol. The van der Waals surface area contributed by atoms with Gasteiger partial charge >= 0.3 is 0 Å². The Morgan fingerprint density at radius 1 is 1.33 bits per heavy atom. The molecular formula is C15H13N3O3. The first-order valence-corrected chi connectivity index (χ1v) is 6.35. The van der Waals surface area contributed by atoms with Crippen molar-refractivity contribution in [2.75, 3.05) is 7.11 Å². The first-order chi connectivity index (χ1) is 10.1. The van der Waals surface area contributed by atoms with Gasteiger partial charge in [0.05, 0.1) is 17.1 Å². The van der Waals surface area contributed by atoms with Crippen LogP contribution in [0.15, 0.2) is 36.4 Å². The van der Waals surface area contributed by atoms with Crippen LogP contribution in [0, 0.1) is 38.2 Å². The first-order valence-electron chi connectivity index (χ1n) is 6.35. The minimum atomic E-state index is -1.33. The maximum Gasteiger partial charge on any atom is 0.269 e. The van der Waals surface area contributed by atoms with E-state index in [4.69, 9.17) is 4.74 Å². The van der Waals surface area contributed by atoms with Gasteiger partial charge in [-0.25, -0.2) is 0 Å². The van der Waals surface area contributed by atoms with Crippen LogP contribution >= 0.6 is 0 Å². The van der Waals surface area contributed by atoms with Gasteiger partial charge in [0.15, 0.2) is 5.41 Å². The molecule has 0 bridgehead atoms. The summed E-state index contributed by atoms with van der Waals surface area (Å²) >= 11 is 0. The average Bonchev–Trinajstić information content (AvgIpc) is 2.53. The van der Waals surface area contributed by atoms with Crippen molar-refractivity contribution in [3.8, 4) is 12.1 Å². The van der Waals surface area contributed by atoms with E-state index in [9.17, 15) is 20.6 Å². The minimum absolute atomic E-state index is 0.0205. The van der Waals surface area contributed by atoms with E-state index in [0.29, 0.717) is 6.42 Å². The normalized spacial score (nSPS) is 23.0. The Labute approximate surface area is 122 Å². The molecule has 6 heteroatoms. The lowest BCUT2D eigenvalue weighted by Gasteiger charge is -2.36. The van der Waals surface area contributed by atoms with E-state index in [0.717, 1.165) is 5.56 Å². The van der Waals surface area contributed by atoms with Crippen LogP contribution in [0.1, 0.15) is 17.9 Å². The predicted octanol–water partition coefficient (Wildman–Crippen LogP) is 2.69. The van der Waals surface area contributed by atoms with Crippen molar-refractivity contribution in [1.29, 1.82) is 10.5 Å². The van der Waals surface area contributed by atoms with Gasteiger partial charge in [-0.2, -0.15) is 10.5 Å². The number of methoxy groups -OCH3 is 1. The monoisotopic (exact) mass is 283 g/mol. The second-order valence-corrected chi connectivity index (χ2v) is 4.81. The molecule has 0 radical (unpaired) electrons. The summed E-state index contributed by atoms with van der Waals surface area (Å²) in [6, 6.07) is 10.1. The highest BCUT2D eigenvalue weighted by atomic mass is 16.6. The molecule has 1 aliphatic rings. The van der Waals surface area contributed by atoms with Crippen molar-refractivity contribution < 1.29 is 9.66 Å². The smallest absolute Gasteiger partial charge is 0.269 e. The lowest BCUT2D eigenvalue weighted by molar-refractivity contribution is -0.384. The van der Waals surface area contributed by atoms with Crippen molar-refractivity contribution >= 4 is 5.69 Å². The zero-order valence-electron chi connectivity index (χ0n) is 11.4. The summed E-state index contributed by atoms with van der Waals surface area (Å²) in [4.78, 5) is 10.2. The molecule has 0 unspecified atom stereocenters. The Kier molecular flexibility index (Phi) is 4.02. The van der Waals surface area contributed by atoms with Gasteiger partial charge in [-0.1, -0.05) is 24.3 Å². The van der Waals surface area contributed by atoms with Crippen LogP contribution in [0.2, 0.25) is 0 Å². The molecule has 2 atom stereocenters. The second kappa shape index (κ2) is 5.74. The fourth-order valence-corrected chi connectivity index (χ4v) is 2.67. The molecule has 1 aromatic carbocycles. The van der Waals surface area contributed by atoms with Gasteiger partial charge in [0.1, 0.15) is 6.10 Å². The maximum atomic E-state index is 10.7. The number of nitrogens with zero attached hydrogens (tertiary/aromatic N) is 3. The number of nitriles is 2. The standard InChI is InChI=1S/C15H13N3O3/c1-21-14-4-2-3-13(15(14,9-16)10-17)11-5-7-12(8-6-11)18(19)20/h2,4-8,13-14H,3H2,1H3/t13-,14-/m0/s1. The van der Waals surface area contributed by atoms with Gasteiger partial charge in [-0.05, 0) is 12.0 Å². The van der Waals surface area contributed by atoms with Gasteiger partial charge in [-0.3, -0.25) is 10.1 Å². The number of nitro groups is 1. The lowest BCUT2D eigenvalue weighted by atomic mass is 9.66. The molecule has 0 spiro atoms. The topological polar surface area (TPSA) is 99.9 Å². The molecule has 0 aliphatic heterocycles. The van der Waals surface area contributed by atoms with Crippen molar-refractivity contribution in [2.24, 2.45) is 5.41 Å². The minimum Gasteiger partial charge on any atom is -0.375 e. The summed E-state index contributed by atoms with van der Waals surface area (Å²) < 4.78 is 5.26. The van der Waals surface area contributed by atoms with Gasteiger partial charge in [0.2, 0.25) is 0 Å². The summed E-state index contributed by atoms with van der Waals surface area (Å²) in [7, 11) is 1.46. The van der Waals surface area contributed by atoms with E-state index in [1.807, 2.05) is 6.08 Å². The number of rotatable bonds is 3. The highest BCUT2D eigenvalue weighted by Crippen LogP contribution is 2.45. The van der Waals surface area contributed by atoms with Crippen LogP contribution in [0.3, 0.4) is 0 Å². The van der Waals surface area contributed by atoms with Gasteiger partial charge in [0.25, 0.3) is 5.69 Å². The number of nitro benzene ring substituents is 1. The summed E-state index contributed by atoms with van der Waals surface area (Å²) in [5.41, 5.74) is -0.636. The molecule has 106 valence electrons. The van der Waals surface area contributed by atoms with E-state index >= 15 is 0 Å². The number of ether oxygens (including phenoxy) is 1. The zero-order chi connectivity index (χ0) is 15.5. The molecule has 0 heterocycles. The van der Waals surface area contributed by atoms with Crippen molar-refractivity contribution in [1.82, 2.24) is 0 Å². The predicted molar refractivity (Wildman–Crippen MR) is 74.1 cm³/mol. The fraction of sp³-hybridized carbons (Fsp3) is 0.333. The van der Waals surface area contributed by atoms with Gasteiger partial charge in [0, 0.05) is 25.2 Å².